The molecular formula is C46H38FeOP2+2. The van der Waals surface area contributed by atoms with E-state index >= 15 is 0 Å². The van der Waals surface area contributed by atoms with Crippen LogP contribution in [0.25, 0.3) is 10.8 Å². The van der Waals surface area contributed by atoms with Crippen molar-refractivity contribution in [2.45, 2.75) is 6.10 Å². The fraction of sp³-hybridized carbons (Fsp3) is 0.0435. The van der Waals surface area contributed by atoms with E-state index in [0.29, 0.717) is 0 Å². The van der Waals surface area contributed by atoms with Gasteiger partial charge in [0.05, 0.1) is 6.10 Å². The van der Waals surface area contributed by atoms with Crippen molar-refractivity contribution in [1.82, 2.24) is 0 Å². The monoisotopic (exact) mass is 724 g/mol. The molecule has 2 saturated carbocycles. The Morgan fingerprint density at radius 2 is 0.920 bits per heavy atom. The van der Waals surface area contributed by atoms with Crippen molar-refractivity contribution in [3.63, 3.8) is 0 Å². The molecule has 2 fully saturated rings. The van der Waals surface area contributed by atoms with E-state index in [1.807, 2.05) is 39.2 Å². The zero-order chi connectivity index (χ0) is 33.3. The van der Waals surface area contributed by atoms with Gasteiger partial charge in [0.25, 0.3) is 0 Å². The van der Waals surface area contributed by atoms with Crippen LogP contribution < -0.4 is 26.5 Å². The summed E-state index contributed by atoms with van der Waals surface area (Å²) in [5.74, 6) is 1.24. The molecule has 0 N–H and O–H groups in total. The molecule has 2 aliphatic rings. The molecule has 0 unspecified atom stereocenters. The van der Waals surface area contributed by atoms with Crippen LogP contribution in [0.4, 0.5) is 0 Å². The van der Waals surface area contributed by atoms with Gasteiger partial charge in [-0.05, 0) is 110 Å². The van der Waals surface area contributed by atoms with Gasteiger partial charge in [0.1, 0.15) is 0 Å². The van der Waals surface area contributed by atoms with Gasteiger partial charge in [-0.1, -0.05) is 158 Å². The van der Waals surface area contributed by atoms with Crippen molar-refractivity contribution < 1.29 is 21.8 Å². The number of ether oxygens (including phenoxy) is 1. The SMILES string of the molecule is CO[C@H]([C]1[CH][CH][CH][C]1[P@@](c1ccccc1)c1cccc2ccccc12)c1ccccc1P(c1ccccc1)c1ccccc1.[CH]1[CH][CH][CH][CH]1.[Fe+2]. The molecule has 0 aromatic heterocycles. The first-order valence-corrected chi connectivity index (χ1v) is 19.3. The van der Waals surface area contributed by atoms with Crippen LogP contribution in [-0.4, -0.2) is 7.11 Å². The molecule has 0 spiro atoms. The largest absolute Gasteiger partial charge is 2.00 e. The molecule has 50 heavy (non-hydrogen) atoms. The van der Waals surface area contributed by atoms with Gasteiger partial charge in [0.2, 0.25) is 0 Å². The number of fused-ring (bicyclic) bond motifs is 1. The summed E-state index contributed by atoms with van der Waals surface area (Å²) in [6.07, 6.45) is 16.6. The number of rotatable bonds is 9. The van der Waals surface area contributed by atoms with Crippen LogP contribution in [0.5, 0.6) is 0 Å². The Kier molecular flexibility index (Phi) is 13.5. The smallest absolute Gasteiger partial charge is 0.376 e. The molecule has 0 bridgehead atoms. The van der Waals surface area contributed by atoms with E-state index in [0.717, 1.165) is 0 Å². The van der Waals surface area contributed by atoms with Gasteiger partial charge in [-0.15, -0.1) is 0 Å². The fourth-order valence-electron chi connectivity index (χ4n) is 6.47. The summed E-state index contributed by atoms with van der Waals surface area (Å²) in [6.45, 7) is 0. The third-order valence-electron chi connectivity index (χ3n) is 8.65. The first-order valence-electron chi connectivity index (χ1n) is 16.6. The molecule has 2 atom stereocenters. The van der Waals surface area contributed by atoms with E-state index in [9.17, 15) is 0 Å². The standard InChI is InChI=1S/C41H33OP2.C5H5.Fe/c1-42-41(36-26-13-14-28-39(36)43(32-19-5-2-6-20-32)33-21-7-3-8-22-33)37-27-16-30-40(37)44(34-23-9-4-10-24-34)38-29-15-18-31-17-11-12-25-35(31)38;1-2-4-5-3-1;/h2-30,41H,1H3;1-5H;/q;;+2/t41-,44-;;/m0../s1. The van der Waals surface area contributed by atoms with Crippen LogP contribution in [0.3, 0.4) is 0 Å². The maximum atomic E-state index is 6.51. The number of benzene rings is 6. The third-order valence-corrected chi connectivity index (χ3v) is 13.7. The summed E-state index contributed by atoms with van der Waals surface area (Å²) in [5, 5.41) is 9.28. The molecule has 244 valence electrons. The predicted octanol–water partition coefficient (Wildman–Crippen LogP) is 9.17. The van der Waals surface area contributed by atoms with Crippen LogP contribution in [-0.2, 0) is 21.8 Å². The van der Waals surface area contributed by atoms with Crippen LogP contribution >= 0.6 is 15.8 Å². The van der Waals surface area contributed by atoms with E-state index in [-0.39, 0.29) is 23.2 Å². The van der Waals surface area contributed by atoms with Crippen molar-refractivity contribution in [3.05, 3.63) is 226 Å². The van der Waals surface area contributed by atoms with E-state index in [2.05, 4.69) is 177 Å². The van der Waals surface area contributed by atoms with Gasteiger partial charge in [0.15, 0.2) is 0 Å². The quantitative estimate of drug-likeness (QED) is 0.107. The predicted molar refractivity (Wildman–Crippen MR) is 212 cm³/mol. The van der Waals surface area contributed by atoms with Gasteiger partial charge in [0, 0.05) is 18.7 Å². The Bertz CT molecular complexity index is 1840. The third kappa shape index (κ3) is 8.34. The Morgan fingerprint density at radius 3 is 1.52 bits per heavy atom. The summed E-state index contributed by atoms with van der Waals surface area (Å²) < 4.78 is 6.51. The van der Waals surface area contributed by atoms with Crippen molar-refractivity contribution in [3.8, 4) is 0 Å². The number of methoxy groups -OCH3 is 1. The van der Waals surface area contributed by atoms with Gasteiger partial charge in [-0.3, -0.25) is 0 Å². The Hall–Kier alpha value is -3.08. The normalized spacial score (nSPS) is 16.0. The summed E-state index contributed by atoms with van der Waals surface area (Å²) >= 11 is 0. The van der Waals surface area contributed by atoms with E-state index in [1.165, 1.54) is 54.4 Å². The zero-order valence-corrected chi connectivity index (χ0v) is 30.8. The summed E-state index contributed by atoms with van der Waals surface area (Å²) in [7, 11) is 0.218. The van der Waals surface area contributed by atoms with E-state index in [4.69, 9.17) is 4.74 Å². The van der Waals surface area contributed by atoms with Crippen LogP contribution in [0.1, 0.15) is 11.7 Å². The minimum absolute atomic E-state index is 0. The molecule has 6 aromatic carbocycles. The second-order valence-corrected chi connectivity index (χ2v) is 16.0. The van der Waals surface area contributed by atoms with Gasteiger partial charge in [-0.25, -0.2) is 0 Å². The molecular weight excluding hydrogens is 686 g/mol. The minimum atomic E-state index is -0.845. The first-order chi connectivity index (χ1) is 24.3. The van der Waals surface area contributed by atoms with Crippen molar-refractivity contribution in [1.29, 1.82) is 0 Å². The summed E-state index contributed by atoms with van der Waals surface area (Å²) in [4.78, 5) is 0. The second-order valence-electron chi connectivity index (χ2n) is 11.7. The molecule has 0 amide bonds. The number of hydrogen-bond acceptors (Lipinski definition) is 1. The maximum Gasteiger partial charge on any atom is 2.00 e. The maximum absolute atomic E-state index is 6.51. The minimum Gasteiger partial charge on any atom is -0.376 e. The number of hydrogen-bond donors (Lipinski definition) is 0. The molecule has 1 nitrogen and oxygen atoms in total. The van der Waals surface area contributed by atoms with Crippen molar-refractivity contribution >= 4 is 53.1 Å². The topological polar surface area (TPSA) is 9.23 Å². The first kappa shape index (κ1) is 36.7. The molecule has 6 aromatic rings. The average molecular weight is 725 g/mol. The van der Waals surface area contributed by atoms with E-state index < -0.39 is 15.8 Å². The fourth-order valence-corrected chi connectivity index (χ4v) is 11.6. The van der Waals surface area contributed by atoms with Gasteiger partial charge in [-0.2, -0.15) is 0 Å². The van der Waals surface area contributed by atoms with E-state index in [1.54, 1.807) is 0 Å². The molecule has 2 aliphatic carbocycles. The van der Waals surface area contributed by atoms with Gasteiger partial charge < -0.3 is 4.74 Å². The molecule has 0 aliphatic heterocycles. The van der Waals surface area contributed by atoms with Crippen LogP contribution in [0.15, 0.2) is 158 Å². The van der Waals surface area contributed by atoms with Crippen LogP contribution in [0, 0.1) is 62.9 Å². The summed E-state index contributed by atoms with van der Waals surface area (Å²) in [6, 6.07) is 57.2. The second kappa shape index (κ2) is 18.4. The van der Waals surface area contributed by atoms with Crippen molar-refractivity contribution in [2.75, 3.05) is 7.11 Å². The Balaban J connectivity index is 0.000000663. The zero-order valence-electron chi connectivity index (χ0n) is 27.9. The van der Waals surface area contributed by atoms with Crippen LogP contribution in [0.2, 0.25) is 0 Å². The Morgan fingerprint density at radius 1 is 0.440 bits per heavy atom. The summed E-state index contributed by atoms with van der Waals surface area (Å²) in [5.41, 5.74) is 2.56. The molecule has 8 rings (SSSR count). The Labute approximate surface area is 312 Å². The molecule has 10 radical (unpaired) electrons. The van der Waals surface area contributed by atoms with Gasteiger partial charge >= 0.3 is 17.1 Å². The van der Waals surface area contributed by atoms with Crippen molar-refractivity contribution in [2.24, 2.45) is 0 Å². The molecule has 0 heterocycles. The molecule has 0 saturated heterocycles. The average Bonchev–Trinajstić information content (AvgIpc) is 3.91. The molecule has 4 heteroatoms.